The van der Waals surface area contributed by atoms with Gasteiger partial charge in [-0.25, -0.2) is 0 Å². The molecule has 0 unspecified atom stereocenters. The zero-order chi connectivity index (χ0) is 34.2. The van der Waals surface area contributed by atoms with Crippen LogP contribution in [0.5, 0.6) is 0 Å². The van der Waals surface area contributed by atoms with Gasteiger partial charge in [-0.2, -0.15) is 4.58 Å². The second-order valence-electron chi connectivity index (χ2n) is 14.3. The smallest absolute Gasteiger partial charge is 0.270 e. The standard InChI is InChI=1S/C39H55N4O4/c1-7-9-11-13-15-17-26-40-34-24-22-30(42(44)45)28-32(34)38(3,4)36(40)20-19-21-37-39(5,6)33-29-31(43(46)47)23-25-35(33)41(37)27-18-16-14-12-10-8-2/h19-25,28-29H,7-18,26-27H2,1-6H3/q+1. The number of nitrogens with zero attached hydrogens (tertiary/aromatic N) is 4. The summed E-state index contributed by atoms with van der Waals surface area (Å²) in [5, 5.41) is 23.4. The predicted molar refractivity (Wildman–Crippen MR) is 193 cm³/mol. The molecular formula is C39H55N4O4+. The van der Waals surface area contributed by atoms with E-state index in [4.69, 9.17) is 0 Å². The maximum absolute atomic E-state index is 11.7. The van der Waals surface area contributed by atoms with Crippen LogP contribution in [0.2, 0.25) is 0 Å². The van der Waals surface area contributed by atoms with Crippen LogP contribution in [0, 0.1) is 20.2 Å². The third-order valence-electron chi connectivity index (χ3n) is 10.2. The van der Waals surface area contributed by atoms with E-state index in [9.17, 15) is 20.2 Å². The number of non-ortho nitro benzene ring substituents is 2. The first-order chi connectivity index (χ1) is 22.4. The maximum Gasteiger partial charge on any atom is 0.270 e. The number of allylic oxidation sites excluding steroid dienone is 4. The van der Waals surface area contributed by atoms with Gasteiger partial charge in [-0.15, -0.1) is 0 Å². The quantitative estimate of drug-likeness (QED) is 0.0697. The molecule has 0 N–H and O–H groups in total. The number of nitro groups is 2. The van der Waals surface area contributed by atoms with Crippen molar-refractivity contribution in [3.8, 4) is 0 Å². The van der Waals surface area contributed by atoms with Gasteiger partial charge < -0.3 is 4.90 Å². The molecule has 0 saturated heterocycles. The Morgan fingerprint density at radius 2 is 1.28 bits per heavy atom. The highest BCUT2D eigenvalue weighted by atomic mass is 16.6. The zero-order valence-corrected chi connectivity index (χ0v) is 29.5. The van der Waals surface area contributed by atoms with Crippen LogP contribution in [0.3, 0.4) is 0 Å². The summed E-state index contributed by atoms with van der Waals surface area (Å²) in [4.78, 5) is 25.1. The molecule has 0 bridgehead atoms. The van der Waals surface area contributed by atoms with Gasteiger partial charge >= 0.3 is 0 Å². The fourth-order valence-electron chi connectivity index (χ4n) is 7.37. The Morgan fingerprint density at radius 1 is 0.723 bits per heavy atom. The SMILES string of the molecule is CCCCCCCCN1/C(=C\C=C\C2=[N+](CCCCCCCC)c3ccc([N+](=O)[O-])cc3C2(C)C)C(C)(C)c2cc([N+](=O)[O-])ccc21. The van der Waals surface area contributed by atoms with Crippen LogP contribution in [-0.2, 0) is 10.8 Å². The summed E-state index contributed by atoms with van der Waals surface area (Å²) in [6, 6.07) is 10.6. The number of fused-ring (bicyclic) bond motifs is 2. The van der Waals surface area contributed by atoms with Crippen LogP contribution < -0.4 is 4.90 Å². The highest BCUT2D eigenvalue weighted by Crippen LogP contribution is 2.49. The van der Waals surface area contributed by atoms with E-state index < -0.39 is 10.8 Å². The molecule has 47 heavy (non-hydrogen) atoms. The molecule has 0 fully saturated rings. The Hall–Kier alpha value is -3.81. The molecule has 2 aromatic carbocycles. The summed E-state index contributed by atoms with van der Waals surface area (Å²) in [6.45, 7) is 14.8. The molecule has 0 atom stereocenters. The molecule has 2 heterocycles. The summed E-state index contributed by atoms with van der Waals surface area (Å²) in [6.07, 6.45) is 20.8. The number of benzene rings is 2. The number of hydrogen-bond acceptors (Lipinski definition) is 5. The Morgan fingerprint density at radius 3 is 1.89 bits per heavy atom. The minimum absolute atomic E-state index is 0.119. The molecule has 0 radical (unpaired) electrons. The van der Waals surface area contributed by atoms with Crippen molar-refractivity contribution in [1.29, 1.82) is 0 Å². The monoisotopic (exact) mass is 643 g/mol. The van der Waals surface area contributed by atoms with E-state index in [-0.39, 0.29) is 21.2 Å². The van der Waals surface area contributed by atoms with Crippen molar-refractivity contribution < 1.29 is 14.4 Å². The van der Waals surface area contributed by atoms with Crippen LogP contribution in [0.25, 0.3) is 0 Å². The zero-order valence-electron chi connectivity index (χ0n) is 29.5. The number of hydrogen-bond donors (Lipinski definition) is 0. The average molecular weight is 644 g/mol. The van der Waals surface area contributed by atoms with Crippen LogP contribution in [0.15, 0.2) is 60.3 Å². The molecule has 0 saturated carbocycles. The molecule has 2 aromatic rings. The summed E-state index contributed by atoms with van der Waals surface area (Å²) in [7, 11) is 0. The summed E-state index contributed by atoms with van der Waals surface area (Å²) in [5.41, 5.74) is 5.74. The van der Waals surface area contributed by atoms with Gasteiger partial charge in [-0.05, 0) is 44.4 Å². The first kappa shape index (κ1) is 36.0. The van der Waals surface area contributed by atoms with E-state index in [1.165, 1.54) is 51.4 Å². The Balaban J connectivity index is 1.68. The predicted octanol–water partition coefficient (Wildman–Crippen LogP) is 10.8. The van der Waals surface area contributed by atoms with Crippen molar-refractivity contribution in [2.24, 2.45) is 0 Å². The molecule has 4 rings (SSSR count). The first-order valence-corrected chi connectivity index (χ1v) is 17.8. The Kier molecular flexibility index (Phi) is 12.2. The molecule has 0 aromatic heterocycles. The summed E-state index contributed by atoms with van der Waals surface area (Å²) < 4.78 is 2.36. The number of nitro benzene ring substituents is 2. The molecule has 0 amide bonds. The fraction of sp³-hybridized carbons (Fsp3) is 0.564. The Labute approximate surface area is 281 Å². The average Bonchev–Trinajstić information content (AvgIpc) is 3.38. The molecule has 2 aliphatic rings. The van der Waals surface area contributed by atoms with Gasteiger partial charge in [0.25, 0.3) is 11.4 Å². The maximum atomic E-state index is 11.7. The summed E-state index contributed by atoms with van der Waals surface area (Å²) >= 11 is 0. The van der Waals surface area contributed by atoms with Gasteiger partial charge in [0.05, 0.1) is 15.3 Å². The number of rotatable bonds is 18. The van der Waals surface area contributed by atoms with Crippen LogP contribution in [-0.4, -0.2) is 33.2 Å². The van der Waals surface area contributed by atoms with Crippen molar-refractivity contribution >= 4 is 28.5 Å². The van der Waals surface area contributed by atoms with E-state index in [2.05, 4.69) is 69.2 Å². The van der Waals surface area contributed by atoms with Gasteiger partial charge in [-0.3, -0.25) is 20.2 Å². The third-order valence-corrected chi connectivity index (χ3v) is 10.2. The topological polar surface area (TPSA) is 92.5 Å². The molecule has 8 heteroatoms. The molecule has 254 valence electrons. The molecule has 8 nitrogen and oxygen atoms in total. The second kappa shape index (κ2) is 15.9. The van der Waals surface area contributed by atoms with Crippen LogP contribution in [0.1, 0.15) is 130 Å². The lowest BCUT2D eigenvalue weighted by Gasteiger charge is -2.27. The van der Waals surface area contributed by atoms with Crippen molar-refractivity contribution in [3.63, 3.8) is 0 Å². The van der Waals surface area contributed by atoms with Crippen molar-refractivity contribution in [3.05, 3.63) is 91.7 Å². The third kappa shape index (κ3) is 8.02. The first-order valence-electron chi connectivity index (χ1n) is 17.8. The fourth-order valence-corrected chi connectivity index (χ4v) is 7.37. The lowest BCUT2D eigenvalue weighted by atomic mass is 9.81. The largest absolute Gasteiger partial charge is 0.344 e. The van der Waals surface area contributed by atoms with E-state index >= 15 is 0 Å². The Bertz CT molecular complexity index is 1540. The number of unbranched alkanes of at least 4 members (excludes halogenated alkanes) is 10. The van der Waals surface area contributed by atoms with Crippen molar-refractivity contribution in [2.45, 2.75) is 129 Å². The van der Waals surface area contributed by atoms with Crippen LogP contribution in [0.4, 0.5) is 22.7 Å². The van der Waals surface area contributed by atoms with Gasteiger partial charge in [0, 0.05) is 71.7 Å². The van der Waals surface area contributed by atoms with Gasteiger partial charge in [0.1, 0.15) is 6.54 Å². The van der Waals surface area contributed by atoms with Crippen LogP contribution >= 0.6 is 0 Å². The highest BCUT2D eigenvalue weighted by Gasteiger charge is 2.45. The lowest BCUT2D eigenvalue weighted by Crippen LogP contribution is -2.28. The van der Waals surface area contributed by atoms with E-state index in [0.717, 1.165) is 72.7 Å². The minimum Gasteiger partial charge on any atom is -0.344 e. The molecule has 2 aliphatic heterocycles. The minimum atomic E-state index is -0.411. The second-order valence-corrected chi connectivity index (χ2v) is 14.3. The molecular weight excluding hydrogens is 588 g/mol. The van der Waals surface area contributed by atoms with E-state index in [1.807, 2.05) is 12.1 Å². The van der Waals surface area contributed by atoms with Gasteiger partial charge in [-0.1, -0.05) is 91.6 Å². The van der Waals surface area contributed by atoms with E-state index in [0.29, 0.717) is 0 Å². The molecule has 0 spiro atoms. The summed E-state index contributed by atoms with van der Waals surface area (Å²) in [5.74, 6) is 0. The van der Waals surface area contributed by atoms with Crippen molar-refractivity contribution in [1.82, 2.24) is 0 Å². The normalized spacial score (nSPS) is 17.1. The lowest BCUT2D eigenvalue weighted by molar-refractivity contribution is -0.438. The molecule has 0 aliphatic carbocycles. The van der Waals surface area contributed by atoms with Gasteiger partial charge in [0.15, 0.2) is 5.71 Å². The van der Waals surface area contributed by atoms with E-state index in [1.54, 1.807) is 24.3 Å². The number of anilines is 1. The van der Waals surface area contributed by atoms with Gasteiger partial charge in [0.2, 0.25) is 5.69 Å². The highest BCUT2D eigenvalue weighted by molar-refractivity contribution is 6.03. The van der Waals surface area contributed by atoms with Crippen molar-refractivity contribution in [2.75, 3.05) is 18.0 Å².